The molecule has 0 amide bonds. The molecule has 0 radical (unpaired) electrons. The van der Waals surface area contributed by atoms with Crippen molar-refractivity contribution in [2.24, 2.45) is 0 Å². The quantitative estimate of drug-likeness (QED) is 0.793. The highest BCUT2D eigenvalue weighted by molar-refractivity contribution is 7.89. The Balaban J connectivity index is 1.93. The molecule has 0 spiro atoms. The summed E-state index contributed by atoms with van der Waals surface area (Å²) in [5, 5.41) is 3.32. The van der Waals surface area contributed by atoms with E-state index < -0.39 is 10.0 Å². The minimum Gasteiger partial charge on any atom is -0.313 e. The summed E-state index contributed by atoms with van der Waals surface area (Å²) in [6.07, 6.45) is 3.30. The Morgan fingerprint density at radius 3 is 2.67 bits per heavy atom. The summed E-state index contributed by atoms with van der Waals surface area (Å²) < 4.78 is 26.4. The first-order valence-corrected chi connectivity index (χ1v) is 8.51. The van der Waals surface area contributed by atoms with Gasteiger partial charge >= 0.3 is 0 Å². The predicted octanol–water partition coefficient (Wildman–Crippen LogP) is 0.0942. The average Bonchev–Trinajstić information content (AvgIpc) is 2.33. The zero-order chi connectivity index (χ0) is 13.2. The minimum absolute atomic E-state index is 0.152. The summed E-state index contributed by atoms with van der Waals surface area (Å²) in [6.45, 7) is 5.14. The number of likely N-dealkylation sites (N-methyl/N-ethyl adjacent to an activating group) is 1. The van der Waals surface area contributed by atoms with Crippen LogP contribution in [0.5, 0.6) is 0 Å². The summed E-state index contributed by atoms with van der Waals surface area (Å²) >= 11 is 0. The molecule has 2 atom stereocenters. The zero-order valence-electron chi connectivity index (χ0n) is 11.4. The third-order valence-corrected chi connectivity index (χ3v) is 6.08. The molecule has 2 heterocycles. The molecule has 106 valence electrons. The number of rotatable bonds is 3. The van der Waals surface area contributed by atoms with E-state index >= 15 is 0 Å². The smallest absolute Gasteiger partial charge is 0.215 e. The number of hydrogen-bond donors (Lipinski definition) is 1. The molecule has 0 saturated carbocycles. The summed E-state index contributed by atoms with van der Waals surface area (Å²) in [4.78, 5) is 2.21. The van der Waals surface area contributed by atoms with E-state index in [0.29, 0.717) is 19.1 Å². The van der Waals surface area contributed by atoms with Crippen LogP contribution in [0.25, 0.3) is 0 Å². The van der Waals surface area contributed by atoms with Crippen LogP contribution < -0.4 is 5.32 Å². The third kappa shape index (κ3) is 3.44. The molecule has 6 heteroatoms. The fourth-order valence-corrected chi connectivity index (χ4v) is 4.50. The molecule has 0 aromatic rings. The van der Waals surface area contributed by atoms with Crippen LogP contribution >= 0.6 is 0 Å². The average molecular weight is 275 g/mol. The molecule has 0 aliphatic carbocycles. The fraction of sp³-hybridized carbons (Fsp3) is 1.00. The zero-order valence-corrected chi connectivity index (χ0v) is 12.2. The van der Waals surface area contributed by atoms with E-state index in [1.54, 1.807) is 4.31 Å². The van der Waals surface area contributed by atoms with E-state index in [1.807, 2.05) is 0 Å². The van der Waals surface area contributed by atoms with Crippen LogP contribution in [-0.4, -0.2) is 68.7 Å². The first-order chi connectivity index (χ1) is 8.49. The highest BCUT2D eigenvalue weighted by atomic mass is 32.2. The number of piperidine rings is 1. The van der Waals surface area contributed by atoms with Crippen molar-refractivity contribution in [1.82, 2.24) is 14.5 Å². The van der Waals surface area contributed by atoms with Crippen molar-refractivity contribution in [2.75, 3.05) is 39.0 Å². The van der Waals surface area contributed by atoms with Gasteiger partial charge in [-0.25, -0.2) is 8.42 Å². The molecule has 2 aliphatic heterocycles. The van der Waals surface area contributed by atoms with Gasteiger partial charge < -0.3 is 10.2 Å². The van der Waals surface area contributed by atoms with E-state index in [9.17, 15) is 8.42 Å². The molecule has 0 aromatic heterocycles. The van der Waals surface area contributed by atoms with Gasteiger partial charge in [-0.3, -0.25) is 0 Å². The fourth-order valence-electron chi connectivity index (χ4n) is 2.69. The van der Waals surface area contributed by atoms with Gasteiger partial charge in [0, 0.05) is 31.7 Å². The van der Waals surface area contributed by atoms with Gasteiger partial charge in [0.15, 0.2) is 0 Å². The predicted molar refractivity (Wildman–Crippen MR) is 73.1 cm³/mol. The maximum absolute atomic E-state index is 12.4. The molecule has 0 bridgehead atoms. The molecular formula is C12H25N3O2S. The van der Waals surface area contributed by atoms with E-state index in [1.165, 1.54) is 6.42 Å². The van der Waals surface area contributed by atoms with E-state index in [4.69, 9.17) is 0 Å². The highest BCUT2D eigenvalue weighted by Gasteiger charge is 2.31. The Morgan fingerprint density at radius 1 is 1.28 bits per heavy atom. The van der Waals surface area contributed by atoms with E-state index in [-0.39, 0.29) is 11.8 Å². The van der Waals surface area contributed by atoms with Gasteiger partial charge in [0.25, 0.3) is 0 Å². The summed E-state index contributed by atoms with van der Waals surface area (Å²) in [7, 11) is -1.04. The van der Waals surface area contributed by atoms with Gasteiger partial charge in [0.1, 0.15) is 0 Å². The molecule has 2 rings (SSSR count). The van der Waals surface area contributed by atoms with Crippen LogP contribution in [0.15, 0.2) is 0 Å². The first-order valence-electron chi connectivity index (χ1n) is 6.90. The van der Waals surface area contributed by atoms with Gasteiger partial charge in [-0.1, -0.05) is 6.42 Å². The van der Waals surface area contributed by atoms with Crippen LogP contribution in [0, 0.1) is 0 Å². The van der Waals surface area contributed by atoms with Crippen LogP contribution in [0.3, 0.4) is 0 Å². The van der Waals surface area contributed by atoms with Gasteiger partial charge in [0.2, 0.25) is 10.0 Å². The standard InChI is InChI=1S/C12H25N3O2S/c1-11-9-15(8-7-14(11)2)18(16,17)10-12-5-3-4-6-13-12/h11-13H,3-10H2,1-2H3. The third-order valence-electron chi connectivity index (χ3n) is 4.14. The maximum atomic E-state index is 12.4. The monoisotopic (exact) mass is 275 g/mol. The van der Waals surface area contributed by atoms with Crippen LogP contribution in [0.1, 0.15) is 26.2 Å². The molecule has 2 aliphatic rings. The molecular weight excluding hydrogens is 250 g/mol. The minimum atomic E-state index is -3.10. The number of nitrogens with one attached hydrogen (secondary N) is 1. The van der Waals surface area contributed by atoms with Crippen LogP contribution in [0.2, 0.25) is 0 Å². The molecule has 2 unspecified atom stereocenters. The second-order valence-corrected chi connectivity index (χ2v) is 7.63. The lowest BCUT2D eigenvalue weighted by Crippen LogP contribution is -2.54. The highest BCUT2D eigenvalue weighted by Crippen LogP contribution is 2.15. The molecule has 1 N–H and O–H groups in total. The van der Waals surface area contributed by atoms with Gasteiger partial charge in [-0.05, 0) is 33.4 Å². The Labute approximate surface area is 111 Å². The largest absolute Gasteiger partial charge is 0.313 e. The van der Waals surface area contributed by atoms with Crippen LogP contribution in [0.4, 0.5) is 0 Å². The van der Waals surface area contributed by atoms with Crippen molar-refractivity contribution in [3.05, 3.63) is 0 Å². The van der Waals surface area contributed by atoms with Crippen LogP contribution in [-0.2, 0) is 10.0 Å². The molecule has 0 aromatic carbocycles. The van der Waals surface area contributed by atoms with Crippen molar-refractivity contribution in [3.63, 3.8) is 0 Å². The van der Waals surface area contributed by atoms with Gasteiger partial charge in [-0.2, -0.15) is 4.31 Å². The Morgan fingerprint density at radius 2 is 2.06 bits per heavy atom. The summed E-state index contributed by atoms with van der Waals surface area (Å²) in [5.41, 5.74) is 0. The lowest BCUT2D eigenvalue weighted by Gasteiger charge is -2.37. The van der Waals surface area contributed by atoms with Crippen molar-refractivity contribution in [2.45, 2.75) is 38.3 Å². The van der Waals surface area contributed by atoms with Crippen molar-refractivity contribution in [1.29, 1.82) is 0 Å². The Hall–Kier alpha value is -0.170. The van der Waals surface area contributed by atoms with Crippen molar-refractivity contribution >= 4 is 10.0 Å². The van der Waals surface area contributed by atoms with E-state index in [0.717, 1.165) is 25.9 Å². The van der Waals surface area contributed by atoms with E-state index in [2.05, 4.69) is 24.2 Å². The molecule has 2 saturated heterocycles. The topological polar surface area (TPSA) is 52.7 Å². The first kappa shape index (κ1) is 14.2. The second-order valence-electron chi connectivity index (χ2n) is 5.61. The van der Waals surface area contributed by atoms with Crippen molar-refractivity contribution < 1.29 is 8.42 Å². The van der Waals surface area contributed by atoms with Gasteiger partial charge in [0.05, 0.1) is 5.75 Å². The summed E-state index contributed by atoms with van der Waals surface area (Å²) in [6, 6.07) is 0.464. The number of hydrogen-bond acceptors (Lipinski definition) is 4. The lowest BCUT2D eigenvalue weighted by atomic mass is 10.1. The second kappa shape index (κ2) is 5.86. The number of nitrogens with zero attached hydrogens (tertiary/aromatic N) is 2. The molecule has 2 fully saturated rings. The lowest BCUT2D eigenvalue weighted by molar-refractivity contribution is 0.159. The maximum Gasteiger partial charge on any atom is 0.215 e. The Kier molecular flexibility index (Phi) is 4.64. The normalized spacial score (nSPS) is 32.6. The number of sulfonamides is 1. The molecule has 5 nitrogen and oxygen atoms in total. The van der Waals surface area contributed by atoms with Gasteiger partial charge in [-0.15, -0.1) is 0 Å². The summed E-state index contributed by atoms with van der Waals surface area (Å²) in [5.74, 6) is 0.267. The Bertz CT molecular complexity index is 366. The SMILES string of the molecule is CC1CN(S(=O)(=O)CC2CCCCN2)CCN1C. The van der Waals surface area contributed by atoms with Crippen molar-refractivity contribution in [3.8, 4) is 0 Å². The number of piperazine rings is 1. The molecule has 18 heavy (non-hydrogen) atoms.